The van der Waals surface area contributed by atoms with Gasteiger partial charge in [-0.1, -0.05) is 20.8 Å². The first-order chi connectivity index (χ1) is 18.9. The summed E-state index contributed by atoms with van der Waals surface area (Å²) in [7, 11) is 1.32. The second-order valence-corrected chi connectivity index (χ2v) is 10.0. The number of halogens is 3. The van der Waals surface area contributed by atoms with E-state index in [9.17, 15) is 22.8 Å². The third-order valence-electron chi connectivity index (χ3n) is 7.21. The molecule has 2 amide bonds. The normalized spacial score (nSPS) is 19.3. The first-order valence-corrected chi connectivity index (χ1v) is 12.8. The van der Waals surface area contributed by atoms with Gasteiger partial charge in [-0.05, 0) is 30.2 Å². The topological polar surface area (TPSA) is 147 Å². The van der Waals surface area contributed by atoms with Crippen LogP contribution in [-0.4, -0.2) is 59.1 Å². The number of nitrogens with zero attached hydrogens (tertiary/aromatic N) is 3. The van der Waals surface area contributed by atoms with Gasteiger partial charge in [0.05, 0.1) is 19.7 Å². The van der Waals surface area contributed by atoms with Gasteiger partial charge < -0.3 is 30.5 Å². The highest BCUT2D eigenvalue weighted by Crippen LogP contribution is 2.37. The van der Waals surface area contributed by atoms with Crippen molar-refractivity contribution < 1.29 is 31.9 Å². The number of nitrogens with two attached hydrogens (primary N) is 1. The maximum absolute atomic E-state index is 13.3. The average molecular weight is 561 g/mol. The number of amides is 2. The summed E-state index contributed by atoms with van der Waals surface area (Å²) in [5.74, 6) is -0.859. The molecular formula is C27H31F3N6O4. The van der Waals surface area contributed by atoms with E-state index in [0.717, 1.165) is 6.07 Å². The third kappa shape index (κ3) is 5.37. The number of pyridine rings is 1. The van der Waals surface area contributed by atoms with Crippen LogP contribution in [0.3, 0.4) is 0 Å². The molecule has 1 fully saturated rings. The van der Waals surface area contributed by atoms with Gasteiger partial charge in [-0.2, -0.15) is 13.2 Å². The number of likely N-dealkylation sites (tertiary alicyclic amines) is 1. The van der Waals surface area contributed by atoms with Crippen LogP contribution in [0.25, 0.3) is 22.4 Å². The molecule has 4 rings (SSSR count). The van der Waals surface area contributed by atoms with E-state index >= 15 is 0 Å². The number of hydrogen-bond donors (Lipinski definition) is 3. The zero-order valence-corrected chi connectivity index (χ0v) is 22.5. The number of fused-ring (bicyclic) bond motifs is 1. The molecule has 1 aromatic carbocycles. The molecule has 3 atom stereocenters. The van der Waals surface area contributed by atoms with Gasteiger partial charge in [0, 0.05) is 42.1 Å². The number of ether oxygens (including phenoxy) is 1. The Morgan fingerprint density at radius 1 is 1.27 bits per heavy atom. The molecule has 13 heteroatoms. The number of rotatable bonds is 8. The Kier molecular flexibility index (Phi) is 8.15. The van der Waals surface area contributed by atoms with Gasteiger partial charge in [-0.25, -0.2) is 9.97 Å². The van der Waals surface area contributed by atoms with Crippen LogP contribution in [0.4, 0.5) is 13.2 Å². The number of methoxy groups -OCH3 is 1. The van der Waals surface area contributed by atoms with E-state index in [1.165, 1.54) is 25.5 Å². The van der Waals surface area contributed by atoms with Crippen molar-refractivity contribution in [2.45, 2.75) is 39.5 Å². The predicted octanol–water partition coefficient (Wildman–Crippen LogP) is 3.87. The number of benzene rings is 1. The maximum atomic E-state index is 13.3. The van der Waals surface area contributed by atoms with Crippen LogP contribution in [0.1, 0.15) is 42.7 Å². The minimum Gasteiger partial charge on any atom is -0.494 e. The highest BCUT2D eigenvalue weighted by atomic mass is 19.4. The fourth-order valence-electron chi connectivity index (χ4n) is 4.95. The van der Waals surface area contributed by atoms with Crippen LogP contribution in [0.15, 0.2) is 28.7 Å². The quantitative estimate of drug-likeness (QED) is 0.354. The van der Waals surface area contributed by atoms with Gasteiger partial charge in [0.25, 0.3) is 5.91 Å². The number of hydrogen-bond acceptors (Lipinski definition) is 8. The Labute approximate surface area is 228 Å². The van der Waals surface area contributed by atoms with Crippen molar-refractivity contribution in [1.82, 2.24) is 20.2 Å². The maximum Gasteiger partial charge on any atom is 0.433 e. The molecule has 4 N–H and O–H groups in total. The van der Waals surface area contributed by atoms with Crippen molar-refractivity contribution in [3.8, 4) is 17.2 Å². The number of alkyl halides is 3. The zero-order chi connectivity index (χ0) is 29.4. The molecule has 0 aliphatic carbocycles. The number of oxazole rings is 1. The van der Waals surface area contributed by atoms with Gasteiger partial charge in [0.1, 0.15) is 17.0 Å². The zero-order valence-electron chi connectivity index (χ0n) is 22.5. The Bertz CT molecular complexity index is 1440. The second kappa shape index (κ2) is 11.2. The summed E-state index contributed by atoms with van der Waals surface area (Å²) < 4.78 is 50.9. The lowest BCUT2D eigenvalue weighted by Gasteiger charge is -2.28. The number of carbonyl (C=O) groups excluding carboxylic acids is 2. The smallest absolute Gasteiger partial charge is 0.433 e. The highest BCUT2D eigenvalue weighted by molar-refractivity contribution is 5.98. The summed E-state index contributed by atoms with van der Waals surface area (Å²) in [6.45, 7) is 5.91. The van der Waals surface area contributed by atoms with Crippen LogP contribution >= 0.6 is 0 Å². The molecule has 1 aliphatic heterocycles. The molecule has 10 nitrogen and oxygen atoms in total. The Balaban J connectivity index is 1.64. The molecule has 40 heavy (non-hydrogen) atoms. The Hall–Kier alpha value is -4.00. The summed E-state index contributed by atoms with van der Waals surface area (Å²) in [6, 6.07) is 4.77. The predicted molar refractivity (Wildman–Crippen MR) is 141 cm³/mol. The molecule has 3 heterocycles. The lowest BCUT2D eigenvalue weighted by Crippen LogP contribution is -2.46. The molecule has 0 spiro atoms. The lowest BCUT2D eigenvalue weighted by molar-refractivity contribution is -0.141. The van der Waals surface area contributed by atoms with E-state index in [0.29, 0.717) is 12.1 Å². The average Bonchev–Trinajstić information content (AvgIpc) is 3.50. The second-order valence-electron chi connectivity index (χ2n) is 10.0. The first kappa shape index (κ1) is 29.0. The summed E-state index contributed by atoms with van der Waals surface area (Å²) in [5.41, 5.74) is 4.94. The van der Waals surface area contributed by atoms with E-state index in [2.05, 4.69) is 15.3 Å². The standard InChI is InChI=1S/C27H31F3N6O4/c1-13(2)26(38)36-12-15(9-31)14(3)18(36)11-33-24(37)23-20(10-32)40-25(35-23)17-5-7-19(39-4)22-16(17)6-8-21(34-22)27(28,29)30/h5-9,13-15,18,31H,10-12,32H2,1-4H3,(H,33,37)/t14-,15?,18?/m0/s1. The first-order valence-electron chi connectivity index (χ1n) is 12.8. The fraction of sp³-hybridized carbons (Fsp3) is 0.444. The van der Waals surface area contributed by atoms with Crippen LogP contribution in [0.2, 0.25) is 0 Å². The minimum absolute atomic E-state index is 0.0190. The van der Waals surface area contributed by atoms with E-state index < -0.39 is 17.8 Å². The Morgan fingerprint density at radius 2 is 2.00 bits per heavy atom. The number of nitrogens with one attached hydrogen (secondary N) is 2. The molecule has 2 aromatic heterocycles. The summed E-state index contributed by atoms with van der Waals surface area (Å²) in [6.07, 6.45) is -3.32. The van der Waals surface area contributed by atoms with E-state index in [1.807, 2.05) is 6.92 Å². The molecule has 0 radical (unpaired) electrons. The lowest BCUT2D eigenvalue weighted by atomic mass is 9.93. The summed E-state index contributed by atoms with van der Waals surface area (Å²) >= 11 is 0. The van der Waals surface area contributed by atoms with Crippen LogP contribution in [-0.2, 0) is 17.5 Å². The minimum atomic E-state index is -4.65. The summed E-state index contributed by atoms with van der Waals surface area (Å²) in [5, 5.41) is 10.8. The van der Waals surface area contributed by atoms with E-state index in [-0.39, 0.29) is 76.8 Å². The van der Waals surface area contributed by atoms with Crippen LogP contribution in [0, 0.1) is 23.2 Å². The van der Waals surface area contributed by atoms with E-state index in [4.69, 9.17) is 20.3 Å². The van der Waals surface area contributed by atoms with Crippen LogP contribution < -0.4 is 15.8 Å². The molecule has 2 unspecified atom stereocenters. The monoisotopic (exact) mass is 560 g/mol. The molecule has 0 bridgehead atoms. The van der Waals surface area contributed by atoms with Gasteiger partial charge >= 0.3 is 6.18 Å². The molecule has 0 saturated carbocycles. The van der Waals surface area contributed by atoms with Gasteiger partial charge in [0.15, 0.2) is 11.5 Å². The van der Waals surface area contributed by atoms with Crippen molar-refractivity contribution in [3.63, 3.8) is 0 Å². The fourth-order valence-corrected chi connectivity index (χ4v) is 4.95. The van der Waals surface area contributed by atoms with Crippen molar-refractivity contribution in [2.24, 2.45) is 23.5 Å². The van der Waals surface area contributed by atoms with E-state index in [1.54, 1.807) is 24.8 Å². The SMILES string of the molecule is COc1ccc(-c2nc(C(=O)NCC3[C@@H](C)C(C=N)CN3C(=O)C(C)C)c(CN)o2)c2ccc(C(F)(F)F)nc12. The molecule has 1 aliphatic rings. The molecule has 1 saturated heterocycles. The largest absolute Gasteiger partial charge is 0.494 e. The third-order valence-corrected chi connectivity index (χ3v) is 7.21. The van der Waals surface area contributed by atoms with Gasteiger partial charge in [-0.3, -0.25) is 9.59 Å². The van der Waals surface area contributed by atoms with Gasteiger partial charge in [-0.15, -0.1) is 0 Å². The summed E-state index contributed by atoms with van der Waals surface area (Å²) in [4.78, 5) is 35.8. The highest BCUT2D eigenvalue weighted by Gasteiger charge is 2.41. The Morgan fingerprint density at radius 3 is 2.60 bits per heavy atom. The van der Waals surface area contributed by atoms with Crippen LogP contribution in [0.5, 0.6) is 5.75 Å². The number of aromatic nitrogens is 2. The van der Waals surface area contributed by atoms with Crippen molar-refractivity contribution in [2.75, 3.05) is 20.2 Å². The molecule has 214 valence electrons. The molecule has 3 aromatic rings. The van der Waals surface area contributed by atoms with Crippen molar-refractivity contribution >= 4 is 28.9 Å². The van der Waals surface area contributed by atoms with Crippen molar-refractivity contribution in [1.29, 1.82) is 5.41 Å². The number of carbonyl (C=O) groups is 2. The van der Waals surface area contributed by atoms with Gasteiger partial charge in [0.2, 0.25) is 11.8 Å². The van der Waals surface area contributed by atoms with Crippen molar-refractivity contribution in [3.05, 3.63) is 41.4 Å². The molecular weight excluding hydrogens is 529 g/mol.